The Morgan fingerprint density at radius 2 is 1.74 bits per heavy atom. The average molecular weight is 251 g/mol. The number of aryl methyl sites for hydroxylation is 1. The molecule has 1 aromatic heterocycles. The molecule has 1 N–H and O–H groups in total. The van der Waals surface area contributed by atoms with Gasteiger partial charge in [-0.25, -0.2) is 0 Å². The van der Waals surface area contributed by atoms with Crippen molar-refractivity contribution in [2.75, 3.05) is 7.05 Å². The Bertz CT molecular complexity index is 666. The van der Waals surface area contributed by atoms with E-state index in [0.717, 1.165) is 16.7 Å². The van der Waals surface area contributed by atoms with Crippen LogP contribution in [-0.4, -0.2) is 7.05 Å². The molecule has 2 aromatic carbocycles. The molecule has 0 fully saturated rings. The van der Waals surface area contributed by atoms with Gasteiger partial charge in [0.2, 0.25) is 0 Å². The van der Waals surface area contributed by atoms with E-state index in [9.17, 15) is 0 Å². The fraction of sp³-hybridized carbons (Fsp3) is 0.176. The quantitative estimate of drug-likeness (QED) is 0.759. The zero-order valence-corrected chi connectivity index (χ0v) is 11.2. The first kappa shape index (κ1) is 12.0. The molecule has 0 spiro atoms. The molecule has 0 aliphatic rings. The van der Waals surface area contributed by atoms with Gasteiger partial charge < -0.3 is 9.73 Å². The number of furan rings is 1. The van der Waals surface area contributed by atoms with E-state index < -0.39 is 0 Å². The minimum atomic E-state index is 0.0913. The molecule has 2 nitrogen and oxygen atoms in total. The minimum absolute atomic E-state index is 0.0913. The molecule has 19 heavy (non-hydrogen) atoms. The van der Waals surface area contributed by atoms with Crippen LogP contribution < -0.4 is 5.32 Å². The van der Waals surface area contributed by atoms with Gasteiger partial charge in [-0.2, -0.15) is 0 Å². The first-order valence-corrected chi connectivity index (χ1v) is 6.51. The lowest BCUT2D eigenvalue weighted by Crippen LogP contribution is -2.17. The first-order valence-electron chi connectivity index (χ1n) is 6.51. The number of hydrogen-bond donors (Lipinski definition) is 1. The summed E-state index contributed by atoms with van der Waals surface area (Å²) in [6.45, 7) is 2.13. The second-order valence-electron chi connectivity index (χ2n) is 4.76. The lowest BCUT2D eigenvalue weighted by molar-refractivity contribution is 0.490. The summed E-state index contributed by atoms with van der Waals surface area (Å²) in [6.07, 6.45) is 0. The maximum atomic E-state index is 5.97. The molecule has 96 valence electrons. The molecule has 1 heterocycles. The summed E-state index contributed by atoms with van der Waals surface area (Å²) < 4.78 is 5.97. The van der Waals surface area contributed by atoms with Gasteiger partial charge in [0.1, 0.15) is 11.3 Å². The maximum absolute atomic E-state index is 5.97. The van der Waals surface area contributed by atoms with Crippen LogP contribution in [-0.2, 0) is 0 Å². The smallest absolute Gasteiger partial charge is 0.134 e. The van der Waals surface area contributed by atoms with Crippen LogP contribution in [0.5, 0.6) is 0 Å². The molecule has 3 rings (SSSR count). The van der Waals surface area contributed by atoms with Crippen LogP contribution in [0.3, 0.4) is 0 Å². The van der Waals surface area contributed by atoms with E-state index in [1.807, 2.05) is 25.2 Å². The summed E-state index contributed by atoms with van der Waals surface area (Å²) >= 11 is 0. The van der Waals surface area contributed by atoms with Crippen LogP contribution in [0.2, 0.25) is 0 Å². The van der Waals surface area contributed by atoms with E-state index in [2.05, 4.69) is 48.6 Å². The molecule has 3 aromatic rings. The molecule has 2 heteroatoms. The average Bonchev–Trinajstić information content (AvgIpc) is 2.85. The highest BCUT2D eigenvalue weighted by Gasteiger charge is 2.17. The molecule has 0 saturated carbocycles. The summed E-state index contributed by atoms with van der Waals surface area (Å²) in [7, 11) is 1.96. The van der Waals surface area contributed by atoms with Gasteiger partial charge in [-0.15, -0.1) is 0 Å². The third kappa shape index (κ3) is 2.15. The van der Waals surface area contributed by atoms with Gasteiger partial charge in [0.15, 0.2) is 0 Å². The molecular weight excluding hydrogens is 234 g/mol. The Hall–Kier alpha value is -2.06. The van der Waals surface area contributed by atoms with E-state index >= 15 is 0 Å². The summed E-state index contributed by atoms with van der Waals surface area (Å²) in [4.78, 5) is 0. The van der Waals surface area contributed by atoms with Gasteiger partial charge in [0.25, 0.3) is 0 Å². The third-order valence-electron chi connectivity index (χ3n) is 3.52. The minimum Gasteiger partial charge on any atom is -0.459 e. The van der Waals surface area contributed by atoms with Crippen molar-refractivity contribution in [1.82, 2.24) is 5.32 Å². The molecule has 1 unspecified atom stereocenters. The van der Waals surface area contributed by atoms with Gasteiger partial charge in [0, 0.05) is 5.39 Å². The van der Waals surface area contributed by atoms with Crippen molar-refractivity contribution < 1.29 is 4.42 Å². The normalized spacial score (nSPS) is 12.7. The van der Waals surface area contributed by atoms with Gasteiger partial charge in [-0.1, -0.05) is 42.5 Å². The van der Waals surface area contributed by atoms with Gasteiger partial charge in [-0.3, -0.25) is 0 Å². The molecule has 0 aliphatic heterocycles. The van der Waals surface area contributed by atoms with Crippen LogP contribution in [0, 0.1) is 6.92 Å². The number of fused-ring (bicyclic) bond motifs is 1. The largest absolute Gasteiger partial charge is 0.459 e. The summed E-state index contributed by atoms with van der Waals surface area (Å²) in [5.74, 6) is 0.956. The molecule has 1 atom stereocenters. The zero-order valence-electron chi connectivity index (χ0n) is 11.2. The Labute approximate surface area is 113 Å². The van der Waals surface area contributed by atoms with Crippen LogP contribution >= 0.6 is 0 Å². The van der Waals surface area contributed by atoms with Crippen LogP contribution in [0.15, 0.2) is 59.0 Å². The van der Waals surface area contributed by atoms with Crippen molar-refractivity contribution in [2.24, 2.45) is 0 Å². The second kappa shape index (κ2) is 4.90. The Kier molecular flexibility index (Phi) is 3.10. The van der Waals surface area contributed by atoms with Crippen LogP contribution in [0.1, 0.15) is 22.9 Å². The Balaban J connectivity index is 2.09. The highest BCUT2D eigenvalue weighted by molar-refractivity contribution is 5.78. The second-order valence-corrected chi connectivity index (χ2v) is 4.76. The third-order valence-corrected chi connectivity index (χ3v) is 3.52. The van der Waals surface area contributed by atoms with E-state index in [4.69, 9.17) is 4.42 Å². The van der Waals surface area contributed by atoms with E-state index in [1.54, 1.807) is 0 Å². The molecule has 0 radical (unpaired) electrons. The van der Waals surface area contributed by atoms with Gasteiger partial charge >= 0.3 is 0 Å². The summed E-state index contributed by atoms with van der Waals surface area (Å²) in [6, 6.07) is 18.7. The topological polar surface area (TPSA) is 25.2 Å². The fourth-order valence-corrected chi connectivity index (χ4v) is 2.51. The highest BCUT2D eigenvalue weighted by Crippen LogP contribution is 2.29. The van der Waals surface area contributed by atoms with Gasteiger partial charge in [0.05, 0.1) is 6.04 Å². The number of benzene rings is 2. The van der Waals surface area contributed by atoms with Crippen molar-refractivity contribution in [3.63, 3.8) is 0 Å². The zero-order chi connectivity index (χ0) is 13.2. The van der Waals surface area contributed by atoms with Crippen LogP contribution in [0.25, 0.3) is 11.0 Å². The van der Waals surface area contributed by atoms with Crippen molar-refractivity contribution >= 4 is 11.0 Å². The number of nitrogens with one attached hydrogen (secondary N) is 1. The SMILES string of the molecule is CNC(c1cc2ccccc2o1)c1ccccc1C. The number of para-hydroxylation sites is 1. The Morgan fingerprint density at radius 1 is 1.00 bits per heavy atom. The summed E-state index contributed by atoms with van der Waals surface area (Å²) in [5, 5.41) is 4.49. The standard InChI is InChI=1S/C17H17NO/c1-12-7-3-5-9-14(12)17(18-2)16-11-13-8-4-6-10-15(13)19-16/h3-11,17-18H,1-2H3. The molecule has 0 amide bonds. The lowest BCUT2D eigenvalue weighted by atomic mass is 9.99. The molecule has 0 saturated heterocycles. The van der Waals surface area contributed by atoms with E-state index in [1.165, 1.54) is 11.1 Å². The van der Waals surface area contributed by atoms with E-state index in [0.29, 0.717) is 0 Å². The van der Waals surface area contributed by atoms with E-state index in [-0.39, 0.29) is 6.04 Å². The van der Waals surface area contributed by atoms with Crippen molar-refractivity contribution in [2.45, 2.75) is 13.0 Å². The summed E-state index contributed by atoms with van der Waals surface area (Å²) in [5.41, 5.74) is 3.46. The molecule has 0 bridgehead atoms. The fourth-order valence-electron chi connectivity index (χ4n) is 2.51. The highest BCUT2D eigenvalue weighted by atomic mass is 16.3. The Morgan fingerprint density at radius 3 is 2.47 bits per heavy atom. The van der Waals surface area contributed by atoms with Gasteiger partial charge in [-0.05, 0) is 37.2 Å². The number of rotatable bonds is 3. The number of hydrogen-bond acceptors (Lipinski definition) is 2. The van der Waals surface area contributed by atoms with Crippen molar-refractivity contribution in [3.05, 3.63) is 71.5 Å². The lowest BCUT2D eigenvalue weighted by Gasteiger charge is -2.16. The maximum Gasteiger partial charge on any atom is 0.134 e. The van der Waals surface area contributed by atoms with Crippen molar-refractivity contribution in [1.29, 1.82) is 0 Å². The molecule has 0 aliphatic carbocycles. The first-order chi connectivity index (χ1) is 9.29. The van der Waals surface area contributed by atoms with Crippen molar-refractivity contribution in [3.8, 4) is 0 Å². The monoisotopic (exact) mass is 251 g/mol. The van der Waals surface area contributed by atoms with Crippen LogP contribution in [0.4, 0.5) is 0 Å². The molecular formula is C17H17NO. The predicted molar refractivity (Wildman–Crippen MR) is 78.3 cm³/mol. The predicted octanol–water partition coefficient (Wildman–Crippen LogP) is 4.05.